The van der Waals surface area contributed by atoms with Crippen LogP contribution >= 0.6 is 0 Å². The molecule has 134 valence electrons. The van der Waals surface area contributed by atoms with E-state index in [0.29, 0.717) is 5.56 Å². The SMILES string of the molecule is O=C(O)CC(O)(C(=O)O)C(OC(=O)C=Cc1ccc(O)cc1)C(=O)O. The third-order valence-corrected chi connectivity index (χ3v) is 2.99. The van der Waals surface area contributed by atoms with E-state index in [0.717, 1.165) is 6.08 Å². The molecule has 0 bridgehead atoms. The van der Waals surface area contributed by atoms with Crippen LogP contribution in [0.25, 0.3) is 6.08 Å². The van der Waals surface area contributed by atoms with Crippen molar-refractivity contribution < 1.29 is 49.4 Å². The number of phenolic OH excluding ortho intramolecular Hbond substituents is 1. The van der Waals surface area contributed by atoms with Gasteiger partial charge in [-0.3, -0.25) is 4.79 Å². The summed E-state index contributed by atoms with van der Waals surface area (Å²) in [5, 5.41) is 45.6. The van der Waals surface area contributed by atoms with Crippen molar-refractivity contribution in [1.29, 1.82) is 0 Å². The Morgan fingerprint density at radius 1 is 1.08 bits per heavy atom. The highest BCUT2D eigenvalue weighted by atomic mass is 16.6. The van der Waals surface area contributed by atoms with E-state index < -0.39 is 42.0 Å². The Morgan fingerprint density at radius 3 is 2.08 bits per heavy atom. The fourth-order valence-electron chi connectivity index (χ4n) is 1.77. The molecule has 0 aliphatic heterocycles. The summed E-state index contributed by atoms with van der Waals surface area (Å²) in [6.45, 7) is 0. The molecular formula is C15H14O10. The van der Waals surface area contributed by atoms with Crippen LogP contribution in [0.4, 0.5) is 0 Å². The number of ether oxygens (including phenoxy) is 1. The summed E-state index contributed by atoms with van der Waals surface area (Å²) in [7, 11) is 0. The van der Waals surface area contributed by atoms with Crippen LogP contribution in [0.5, 0.6) is 5.75 Å². The average molecular weight is 354 g/mol. The Hall–Kier alpha value is -3.40. The first-order valence-corrected chi connectivity index (χ1v) is 6.64. The predicted molar refractivity (Wildman–Crippen MR) is 79.5 cm³/mol. The smallest absolute Gasteiger partial charge is 0.348 e. The Balaban J connectivity index is 2.97. The van der Waals surface area contributed by atoms with Crippen LogP contribution in [0.2, 0.25) is 0 Å². The van der Waals surface area contributed by atoms with E-state index in [9.17, 15) is 24.3 Å². The number of carboxylic acids is 3. The average Bonchev–Trinajstić information content (AvgIpc) is 2.50. The zero-order valence-electron chi connectivity index (χ0n) is 12.5. The molecule has 0 amide bonds. The van der Waals surface area contributed by atoms with Gasteiger partial charge in [0.05, 0.1) is 6.42 Å². The first-order valence-electron chi connectivity index (χ1n) is 6.64. The first kappa shape index (κ1) is 19.6. The number of carboxylic acid groups (broad SMARTS) is 3. The van der Waals surface area contributed by atoms with Crippen LogP contribution in [-0.4, -0.2) is 61.1 Å². The van der Waals surface area contributed by atoms with Crippen LogP contribution in [0.15, 0.2) is 30.3 Å². The lowest BCUT2D eigenvalue weighted by Gasteiger charge is -2.27. The second kappa shape index (κ2) is 7.93. The normalized spacial score (nSPS) is 14.4. The number of hydrogen-bond donors (Lipinski definition) is 5. The van der Waals surface area contributed by atoms with Gasteiger partial charge in [-0.2, -0.15) is 0 Å². The minimum Gasteiger partial charge on any atom is -0.508 e. The highest BCUT2D eigenvalue weighted by molar-refractivity contribution is 5.94. The van der Waals surface area contributed by atoms with Gasteiger partial charge in [-0.1, -0.05) is 12.1 Å². The molecule has 0 radical (unpaired) electrons. The molecule has 0 fully saturated rings. The van der Waals surface area contributed by atoms with Crippen molar-refractivity contribution in [2.75, 3.05) is 0 Å². The van der Waals surface area contributed by atoms with Crippen molar-refractivity contribution in [3.63, 3.8) is 0 Å². The zero-order valence-corrected chi connectivity index (χ0v) is 12.5. The Labute approximate surface area is 140 Å². The maximum absolute atomic E-state index is 11.7. The summed E-state index contributed by atoms with van der Waals surface area (Å²) in [6, 6.07) is 5.49. The number of esters is 1. The lowest BCUT2D eigenvalue weighted by Crippen LogP contribution is -2.56. The molecule has 2 atom stereocenters. The van der Waals surface area contributed by atoms with Crippen LogP contribution in [0, 0.1) is 0 Å². The molecule has 10 nitrogen and oxygen atoms in total. The Morgan fingerprint density at radius 2 is 1.64 bits per heavy atom. The molecule has 0 saturated heterocycles. The molecule has 1 aromatic carbocycles. The van der Waals surface area contributed by atoms with Gasteiger partial charge in [-0.05, 0) is 23.8 Å². The van der Waals surface area contributed by atoms with E-state index in [2.05, 4.69) is 4.74 Å². The summed E-state index contributed by atoms with van der Waals surface area (Å²) in [4.78, 5) is 44.6. The van der Waals surface area contributed by atoms with E-state index in [1.165, 1.54) is 30.3 Å². The van der Waals surface area contributed by atoms with Crippen molar-refractivity contribution in [3.05, 3.63) is 35.9 Å². The molecule has 25 heavy (non-hydrogen) atoms. The molecule has 0 heterocycles. The minimum atomic E-state index is -3.35. The fraction of sp³-hybridized carbons (Fsp3) is 0.200. The van der Waals surface area contributed by atoms with Crippen molar-refractivity contribution in [1.82, 2.24) is 0 Å². The van der Waals surface area contributed by atoms with Crippen LogP contribution in [0.3, 0.4) is 0 Å². The summed E-state index contributed by atoms with van der Waals surface area (Å²) in [6.07, 6.45) is -2.20. The number of aromatic hydroxyl groups is 1. The van der Waals surface area contributed by atoms with E-state index in [1.54, 1.807) is 0 Å². The molecule has 10 heteroatoms. The lowest BCUT2D eigenvalue weighted by atomic mass is 9.92. The first-order chi connectivity index (χ1) is 11.6. The van der Waals surface area contributed by atoms with Gasteiger partial charge >= 0.3 is 23.9 Å². The van der Waals surface area contributed by atoms with Gasteiger partial charge < -0.3 is 30.3 Å². The second-order valence-corrected chi connectivity index (χ2v) is 4.88. The Kier molecular flexibility index (Phi) is 6.23. The van der Waals surface area contributed by atoms with E-state index >= 15 is 0 Å². The number of benzene rings is 1. The molecule has 0 saturated carbocycles. The number of aliphatic carboxylic acids is 3. The number of carbonyl (C=O) groups is 4. The third kappa shape index (κ3) is 5.32. The number of phenols is 1. The highest BCUT2D eigenvalue weighted by Gasteiger charge is 2.52. The quantitative estimate of drug-likeness (QED) is 0.307. The molecular weight excluding hydrogens is 340 g/mol. The molecule has 0 spiro atoms. The van der Waals surface area contributed by atoms with Crippen LogP contribution in [-0.2, 0) is 23.9 Å². The predicted octanol–water partition coefficient (Wildman–Crippen LogP) is -0.308. The lowest BCUT2D eigenvalue weighted by molar-refractivity contribution is -0.195. The van der Waals surface area contributed by atoms with Gasteiger partial charge in [0, 0.05) is 6.08 Å². The Bertz CT molecular complexity index is 706. The number of carbonyl (C=O) groups excluding carboxylic acids is 1. The molecule has 1 rings (SSSR count). The maximum Gasteiger partial charge on any atom is 0.348 e. The zero-order chi connectivity index (χ0) is 19.2. The molecule has 0 aliphatic carbocycles. The summed E-state index contributed by atoms with van der Waals surface area (Å²) >= 11 is 0. The van der Waals surface area contributed by atoms with Gasteiger partial charge in [0.2, 0.25) is 11.7 Å². The summed E-state index contributed by atoms with van der Waals surface area (Å²) in [5.74, 6) is -7.33. The van der Waals surface area contributed by atoms with Gasteiger partial charge in [0.25, 0.3) is 0 Å². The summed E-state index contributed by atoms with van der Waals surface area (Å²) < 4.78 is 4.42. The largest absolute Gasteiger partial charge is 0.508 e. The minimum absolute atomic E-state index is 0.0224. The van der Waals surface area contributed by atoms with Crippen molar-refractivity contribution in [2.45, 2.75) is 18.1 Å². The fourth-order valence-corrected chi connectivity index (χ4v) is 1.77. The van der Waals surface area contributed by atoms with Gasteiger partial charge in [-0.15, -0.1) is 0 Å². The molecule has 0 aliphatic rings. The topological polar surface area (TPSA) is 179 Å². The molecule has 0 aromatic heterocycles. The van der Waals surface area contributed by atoms with Crippen molar-refractivity contribution >= 4 is 30.0 Å². The molecule has 1 aromatic rings. The number of hydrogen-bond acceptors (Lipinski definition) is 7. The van der Waals surface area contributed by atoms with E-state index in [4.69, 9.17) is 20.4 Å². The summed E-state index contributed by atoms with van der Waals surface area (Å²) in [5.41, 5.74) is -2.92. The monoisotopic (exact) mass is 354 g/mol. The standard InChI is InChI=1S/C15H14O10/c16-9-4-1-8(2-5-9)3-6-11(19)25-12(13(20)21)15(24,14(22)23)7-10(17)18/h1-6,12,16,24H,7H2,(H,17,18)(H,20,21)(H,22,23). The van der Waals surface area contributed by atoms with Crippen LogP contribution < -0.4 is 0 Å². The number of rotatable bonds is 8. The van der Waals surface area contributed by atoms with Gasteiger partial charge in [0.1, 0.15) is 5.75 Å². The second-order valence-electron chi connectivity index (χ2n) is 4.88. The van der Waals surface area contributed by atoms with Gasteiger partial charge in [-0.25, -0.2) is 14.4 Å². The maximum atomic E-state index is 11.7. The van der Waals surface area contributed by atoms with Crippen molar-refractivity contribution in [3.8, 4) is 5.75 Å². The third-order valence-electron chi connectivity index (χ3n) is 2.99. The van der Waals surface area contributed by atoms with Gasteiger partial charge in [0.15, 0.2) is 0 Å². The molecule has 2 unspecified atom stereocenters. The molecule has 5 N–H and O–H groups in total. The highest BCUT2D eigenvalue weighted by Crippen LogP contribution is 2.21. The van der Waals surface area contributed by atoms with E-state index in [-0.39, 0.29) is 5.75 Å². The van der Waals surface area contributed by atoms with Crippen LogP contribution in [0.1, 0.15) is 12.0 Å². The van der Waals surface area contributed by atoms with Crippen molar-refractivity contribution in [2.24, 2.45) is 0 Å². The van der Waals surface area contributed by atoms with E-state index in [1.807, 2.05) is 0 Å². The number of aliphatic hydroxyl groups is 1.